The van der Waals surface area contributed by atoms with Crippen molar-refractivity contribution in [1.82, 2.24) is 5.32 Å². The van der Waals surface area contributed by atoms with Crippen LogP contribution in [-0.4, -0.2) is 43.5 Å². The van der Waals surface area contributed by atoms with Crippen molar-refractivity contribution >= 4 is 5.97 Å². The Balaban J connectivity index is 1.51. The first-order valence-corrected chi connectivity index (χ1v) is 10.4. The quantitative estimate of drug-likeness (QED) is 0.646. The summed E-state index contributed by atoms with van der Waals surface area (Å²) in [6, 6.07) is 14.0. The number of nitrogens with one attached hydrogen (secondary N) is 1. The number of fused-ring (bicyclic) bond motifs is 1. The lowest BCUT2D eigenvalue weighted by atomic mass is 10.00. The van der Waals surface area contributed by atoms with E-state index in [4.69, 9.17) is 14.2 Å². The number of carbonyl (C=O) groups excluding carboxylic acids is 1. The van der Waals surface area contributed by atoms with Crippen molar-refractivity contribution in [3.8, 4) is 11.5 Å². The Bertz CT molecular complexity index is 849. The van der Waals surface area contributed by atoms with Gasteiger partial charge in [-0.15, -0.1) is 0 Å². The molecule has 3 rings (SSSR count). The van der Waals surface area contributed by atoms with Gasteiger partial charge in [-0.25, -0.2) is 4.79 Å². The molecule has 162 valence electrons. The standard InChI is InChI=1S/C24H31NO5/c1-15(2)18-6-8-19(9-7-18)20(26)13-25-16(3)11-17-5-10-21-22(12-17)29-14-23(30-21)24(27)28-4/h5-10,12,15-16,20,23,25-26H,11,13-14H2,1-4H3. The van der Waals surface area contributed by atoms with Crippen LogP contribution in [0, 0.1) is 0 Å². The molecule has 0 spiro atoms. The van der Waals surface area contributed by atoms with Gasteiger partial charge in [0.05, 0.1) is 13.2 Å². The summed E-state index contributed by atoms with van der Waals surface area (Å²) in [5.41, 5.74) is 3.27. The highest BCUT2D eigenvalue weighted by atomic mass is 16.6. The van der Waals surface area contributed by atoms with Crippen molar-refractivity contribution in [3.05, 3.63) is 59.2 Å². The van der Waals surface area contributed by atoms with E-state index in [0.29, 0.717) is 24.0 Å². The van der Waals surface area contributed by atoms with Gasteiger partial charge in [-0.3, -0.25) is 0 Å². The van der Waals surface area contributed by atoms with Crippen LogP contribution in [0.15, 0.2) is 42.5 Å². The third kappa shape index (κ3) is 5.52. The molecule has 3 atom stereocenters. The highest BCUT2D eigenvalue weighted by Gasteiger charge is 2.28. The van der Waals surface area contributed by atoms with Crippen LogP contribution < -0.4 is 14.8 Å². The summed E-state index contributed by atoms with van der Waals surface area (Å²) in [4.78, 5) is 11.6. The van der Waals surface area contributed by atoms with Crippen LogP contribution in [0.3, 0.4) is 0 Å². The normalized spacial score (nSPS) is 17.5. The van der Waals surface area contributed by atoms with Gasteiger partial charge in [0.25, 0.3) is 0 Å². The molecular weight excluding hydrogens is 382 g/mol. The molecule has 0 bridgehead atoms. The lowest BCUT2D eigenvalue weighted by molar-refractivity contribution is -0.151. The summed E-state index contributed by atoms with van der Waals surface area (Å²) in [5, 5.41) is 13.9. The Kier molecular flexibility index (Phi) is 7.34. The van der Waals surface area contributed by atoms with E-state index in [9.17, 15) is 9.90 Å². The van der Waals surface area contributed by atoms with Gasteiger partial charge in [0.15, 0.2) is 11.5 Å². The summed E-state index contributed by atoms with van der Waals surface area (Å²) in [7, 11) is 1.33. The Hall–Kier alpha value is -2.57. The largest absolute Gasteiger partial charge is 0.485 e. The van der Waals surface area contributed by atoms with Gasteiger partial charge in [0, 0.05) is 12.6 Å². The maximum absolute atomic E-state index is 11.6. The fourth-order valence-corrected chi connectivity index (χ4v) is 3.45. The number of rotatable bonds is 8. The molecule has 2 aromatic carbocycles. The van der Waals surface area contributed by atoms with E-state index >= 15 is 0 Å². The van der Waals surface area contributed by atoms with Gasteiger partial charge >= 0.3 is 5.97 Å². The molecule has 2 aromatic rings. The Morgan fingerprint density at radius 3 is 2.50 bits per heavy atom. The summed E-state index contributed by atoms with van der Waals surface area (Å²) in [6.07, 6.45) is -0.509. The highest BCUT2D eigenvalue weighted by Crippen LogP contribution is 2.33. The average Bonchev–Trinajstić information content (AvgIpc) is 2.76. The summed E-state index contributed by atoms with van der Waals surface area (Å²) in [6.45, 7) is 7.01. The third-order valence-electron chi connectivity index (χ3n) is 5.32. The van der Waals surface area contributed by atoms with Crippen LogP contribution in [0.1, 0.15) is 49.5 Å². The number of ether oxygens (including phenoxy) is 3. The zero-order valence-electron chi connectivity index (χ0n) is 18.1. The van der Waals surface area contributed by atoms with Crippen LogP contribution in [0.4, 0.5) is 0 Å². The first-order chi connectivity index (χ1) is 14.4. The van der Waals surface area contributed by atoms with Gasteiger partial charge in [-0.2, -0.15) is 0 Å². The third-order valence-corrected chi connectivity index (χ3v) is 5.32. The van der Waals surface area contributed by atoms with Crippen LogP contribution in [0.25, 0.3) is 0 Å². The summed E-state index contributed by atoms with van der Waals surface area (Å²) < 4.78 is 16.0. The minimum absolute atomic E-state index is 0.138. The number of aliphatic hydroxyl groups excluding tert-OH is 1. The monoisotopic (exact) mass is 413 g/mol. The SMILES string of the molecule is COC(=O)C1COc2cc(CC(C)NCC(O)c3ccc(C(C)C)cc3)ccc2O1. The minimum atomic E-state index is -0.731. The zero-order valence-corrected chi connectivity index (χ0v) is 18.1. The Morgan fingerprint density at radius 1 is 1.13 bits per heavy atom. The molecule has 3 unspecified atom stereocenters. The molecular formula is C24H31NO5. The number of hydrogen-bond donors (Lipinski definition) is 2. The van der Waals surface area contributed by atoms with Crippen molar-refractivity contribution in [3.63, 3.8) is 0 Å². The van der Waals surface area contributed by atoms with E-state index in [1.807, 2.05) is 30.3 Å². The summed E-state index contributed by atoms with van der Waals surface area (Å²) in [5.74, 6) is 1.21. The molecule has 0 aliphatic carbocycles. The van der Waals surface area contributed by atoms with Crippen molar-refractivity contribution in [2.24, 2.45) is 0 Å². The number of benzene rings is 2. The van der Waals surface area contributed by atoms with E-state index < -0.39 is 18.2 Å². The smallest absolute Gasteiger partial charge is 0.350 e. The second kappa shape index (κ2) is 9.96. The number of esters is 1. The van der Waals surface area contributed by atoms with E-state index in [-0.39, 0.29) is 12.6 Å². The molecule has 6 nitrogen and oxygen atoms in total. The molecule has 1 aliphatic heterocycles. The molecule has 0 amide bonds. The molecule has 6 heteroatoms. The number of hydrogen-bond acceptors (Lipinski definition) is 6. The molecule has 0 saturated heterocycles. The van der Waals surface area contributed by atoms with Crippen LogP contribution in [-0.2, 0) is 16.0 Å². The molecule has 0 fully saturated rings. The van der Waals surface area contributed by atoms with E-state index in [1.165, 1.54) is 12.7 Å². The predicted octanol–water partition coefficient (Wildman–Crippen LogP) is 3.38. The molecule has 1 aliphatic rings. The second-order valence-electron chi connectivity index (χ2n) is 8.07. The van der Waals surface area contributed by atoms with Gasteiger partial charge in [-0.1, -0.05) is 44.2 Å². The first kappa shape index (κ1) is 22.1. The van der Waals surface area contributed by atoms with Gasteiger partial charge in [0.1, 0.15) is 6.61 Å². The fraction of sp³-hybridized carbons (Fsp3) is 0.458. The lowest BCUT2D eigenvalue weighted by Crippen LogP contribution is -2.37. The Labute approximate surface area is 178 Å². The molecule has 0 saturated carbocycles. The lowest BCUT2D eigenvalue weighted by Gasteiger charge is -2.25. The van der Waals surface area contributed by atoms with E-state index in [1.54, 1.807) is 0 Å². The zero-order chi connectivity index (χ0) is 21.7. The van der Waals surface area contributed by atoms with E-state index in [2.05, 4.69) is 38.2 Å². The topological polar surface area (TPSA) is 77.0 Å². The van der Waals surface area contributed by atoms with E-state index in [0.717, 1.165) is 17.5 Å². The Morgan fingerprint density at radius 2 is 1.83 bits per heavy atom. The van der Waals surface area contributed by atoms with Gasteiger partial charge in [0.2, 0.25) is 6.10 Å². The minimum Gasteiger partial charge on any atom is -0.485 e. The maximum Gasteiger partial charge on any atom is 0.350 e. The second-order valence-corrected chi connectivity index (χ2v) is 8.07. The number of methoxy groups -OCH3 is 1. The van der Waals surface area contributed by atoms with Gasteiger partial charge < -0.3 is 24.6 Å². The highest BCUT2D eigenvalue weighted by molar-refractivity contribution is 5.75. The number of carbonyl (C=O) groups is 1. The van der Waals surface area contributed by atoms with Crippen molar-refractivity contribution < 1.29 is 24.1 Å². The average molecular weight is 414 g/mol. The van der Waals surface area contributed by atoms with Crippen molar-refractivity contribution in [1.29, 1.82) is 0 Å². The van der Waals surface area contributed by atoms with Crippen LogP contribution in [0.2, 0.25) is 0 Å². The van der Waals surface area contributed by atoms with Gasteiger partial charge in [-0.05, 0) is 48.1 Å². The molecule has 0 radical (unpaired) electrons. The molecule has 1 heterocycles. The molecule has 30 heavy (non-hydrogen) atoms. The van der Waals surface area contributed by atoms with Crippen molar-refractivity contribution in [2.75, 3.05) is 20.3 Å². The van der Waals surface area contributed by atoms with Crippen molar-refractivity contribution in [2.45, 2.75) is 51.4 Å². The number of aliphatic hydroxyl groups is 1. The molecule has 0 aromatic heterocycles. The van der Waals surface area contributed by atoms with Crippen LogP contribution in [0.5, 0.6) is 11.5 Å². The first-order valence-electron chi connectivity index (χ1n) is 10.4. The maximum atomic E-state index is 11.6. The fourth-order valence-electron chi connectivity index (χ4n) is 3.45. The summed E-state index contributed by atoms with van der Waals surface area (Å²) >= 11 is 0. The predicted molar refractivity (Wildman–Crippen MR) is 115 cm³/mol. The van der Waals surface area contributed by atoms with Crippen LogP contribution >= 0.6 is 0 Å². The molecule has 2 N–H and O–H groups in total.